The minimum atomic E-state index is -0.485. The van der Waals surface area contributed by atoms with E-state index in [9.17, 15) is 14.4 Å². The van der Waals surface area contributed by atoms with E-state index in [1.165, 1.54) is 6.08 Å². The summed E-state index contributed by atoms with van der Waals surface area (Å²) >= 11 is 0. The molecule has 0 aliphatic carbocycles. The van der Waals surface area contributed by atoms with Gasteiger partial charge in [-0.3, -0.25) is 19.3 Å². The number of nitrogens with one attached hydrogen (secondary N) is 2. The molecule has 1 aromatic rings. The van der Waals surface area contributed by atoms with Crippen molar-refractivity contribution >= 4 is 23.4 Å². The third kappa shape index (κ3) is 2.46. The van der Waals surface area contributed by atoms with Crippen LogP contribution < -0.4 is 10.6 Å². The van der Waals surface area contributed by atoms with Crippen LogP contribution in [0.5, 0.6) is 0 Å². The maximum Gasteiger partial charge on any atom is 0.277 e. The molecule has 0 atom stereocenters. The molecule has 2 aliphatic heterocycles. The number of nitrogens with zero attached hydrogens (tertiary/aromatic N) is 1. The zero-order valence-electron chi connectivity index (χ0n) is 11.8. The molecule has 3 rings (SSSR count). The molecule has 3 amide bonds. The Morgan fingerprint density at radius 1 is 1.27 bits per heavy atom. The molecule has 0 radical (unpaired) electrons. The van der Waals surface area contributed by atoms with Crippen LogP contribution in [0, 0.1) is 0 Å². The Kier molecular flexibility index (Phi) is 3.64. The Morgan fingerprint density at radius 2 is 2.09 bits per heavy atom. The van der Waals surface area contributed by atoms with Crippen LogP contribution >= 0.6 is 0 Å². The summed E-state index contributed by atoms with van der Waals surface area (Å²) in [6.07, 6.45) is 1.96. The number of aliphatic hydroxyl groups is 1. The average Bonchev–Trinajstić information content (AvgIpc) is 2.76. The van der Waals surface area contributed by atoms with Crippen molar-refractivity contribution in [3.63, 3.8) is 0 Å². The van der Waals surface area contributed by atoms with Crippen molar-refractivity contribution in [1.82, 2.24) is 10.2 Å². The first-order valence-corrected chi connectivity index (χ1v) is 6.96. The van der Waals surface area contributed by atoms with E-state index in [1.807, 2.05) is 6.07 Å². The van der Waals surface area contributed by atoms with E-state index in [2.05, 4.69) is 10.6 Å². The molecule has 0 spiro atoms. The highest BCUT2D eigenvalue weighted by Crippen LogP contribution is 2.22. The number of aliphatic hydroxyl groups excluding tert-OH is 1. The molecule has 7 heteroatoms. The molecule has 0 aromatic heterocycles. The number of carbonyl (C=O) groups excluding carboxylic acids is 3. The summed E-state index contributed by atoms with van der Waals surface area (Å²) in [6, 6.07) is 5.27. The van der Waals surface area contributed by atoms with Crippen molar-refractivity contribution in [1.29, 1.82) is 0 Å². The van der Waals surface area contributed by atoms with Gasteiger partial charge in [0.15, 0.2) is 0 Å². The Hall–Kier alpha value is -2.67. The fourth-order valence-electron chi connectivity index (χ4n) is 2.55. The van der Waals surface area contributed by atoms with E-state index < -0.39 is 11.8 Å². The van der Waals surface area contributed by atoms with Gasteiger partial charge in [0, 0.05) is 23.9 Å². The number of β-amino-alcohol motifs (C(OH)–C–C–N with tert-alkyl or cyclic N) is 1. The summed E-state index contributed by atoms with van der Waals surface area (Å²) in [7, 11) is 0. The van der Waals surface area contributed by atoms with Gasteiger partial charge in [-0.2, -0.15) is 0 Å². The molecule has 0 bridgehead atoms. The van der Waals surface area contributed by atoms with Crippen LogP contribution in [0.25, 0.3) is 0 Å². The SMILES string of the molecule is O=C1NCCc2ccc(NC3=CC(=O)N(CCO)C3=O)cc21. The van der Waals surface area contributed by atoms with Gasteiger partial charge in [-0.1, -0.05) is 6.07 Å². The van der Waals surface area contributed by atoms with E-state index >= 15 is 0 Å². The second-order valence-corrected chi connectivity index (χ2v) is 5.08. The standard InChI is InChI=1S/C15H15N3O4/c19-6-5-18-13(20)8-12(15(18)22)17-10-2-1-9-3-4-16-14(21)11(9)7-10/h1-2,7-8,17,19H,3-6H2,(H,16,21). The molecule has 0 unspecified atom stereocenters. The highest BCUT2D eigenvalue weighted by atomic mass is 16.3. The zero-order valence-corrected chi connectivity index (χ0v) is 11.8. The Bertz CT molecular complexity index is 696. The van der Waals surface area contributed by atoms with Gasteiger partial charge in [-0.25, -0.2) is 0 Å². The van der Waals surface area contributed by atoms with E-state index in [0.29, 0.717) is 17.8 Å². The van der Waals surface area contributed by atoms with Crippen LogP contribution in [0.15, 0.2) is 30.0 Å². The minimum absolute atomic E-state index is 0.0358. The predicted molar refractivity (Wildman–Crippen MR) is 78.0 cm³/mol. The number of imide groups is 1. The monoisotopic (exact) mass is 301 g/mol. The summed E-state index contributed by atoms with van der Waals surface area (Å²) in [5.41, 5.74) is 2.23. The first kappa shape index (κ1) is 14.3. The van der Waals surface area contributed by atoms with E-state index in [1.54, 1.807) is 12.1 Å². The second-order valence-electron chi connectivity index (χ2n) is 5.08. The van der Waals surface area contributed by atoms with Gasteiger partial charge >= 0.3 is 0 Å². The number of rotatable bonds is 4. The third-order valence-electron chi connectivity index (χ3n) is 3.65. The summed E-state index contributed by atoms with van der Waals surface area (Å²) in [5, 5.41) is 14.5. The van der Waals surface area contributed by atoms with Crippen molar-refractivity contribution in [3.05, 3.63) is 41.1 Å². The van der Waals surface area contributed by atoms with E-state index in [0.717, 1.165) is 16.9 Å². The van der Waals surface area contributed by atoms with Crippen LogP contribution in [0.4, 0.5) is 5.69 Å². The topological polar surface area (TPSA) is 98.7 Å². The van der Waals surface area contributed by atoms with Crippen molar-refractivity contribution in [2.45, 2.75) is 6.42 Å². The van der Waals surface area contributed by atoms with Crippen molar-refractivity contribution in [2.24, 2.45) is 0 Å². The Labute approximate surface area is 126 Å². The minimum Gasteiger partial charge on any atom is -0.395 e. The number of hydrogen-bond donors (Lipinski definition) is 3. The molecule has 114 valence electrons. The number of hydrogen-bond acceptors (Lipinski definition) is 5. The van der Waals surface area contributed by atoms with Crippen LogP contribution in [0.1, 0.15) is 15.9 Å². The maximum absolute atomic E-state index is 12.0. The lowest BCUT2D eigenvalue weighted by atomic mass is 10.00. The molecular weight excluding hydrogens is 286 g/mol. The van der Waals surface area contributed by atoms with Gasteiger partial charge in [-0.05, 0) is 24.1 Å². The molecule has 0 fully saturated rings. The van der Waals surface area contributed by atoms with Crippen molar-refractivity contribution in [2.75, 3.05) is 25.0 Å². The summed E-state index contributed by atoms with van der Waals surface area (Å²) in [5.74, 6) is -1.09. The fourth-order valence-corrected chi connectivity index (χ4v) is 2.55. The smallest absolute Gasteiger partial charge is 0.277 e. The van der Waals surface area contributed by atoms with Crippen molar-refractivity contribution < 1.29 is 19.5 Å². The molecule has 0 saturated heterocycles. The van der Waals surface area contributed by atoms with Crippen LogP contribution in [-0.4, -0.2) is 47.4 Å². The van der Waals surface area contributed by atoms with Crippen LogP contribution in [0.2, 0.25) is 0 Å². The Balaban J connectivity index is 1.81. The predicted octanol–water partition coefficient (Wildman–Crippen LogP) is -0.371. The highest BCUT2D eigenvalue weighted by molar-refractivity contribution is 6.17. The van der Waals surface area contributed by atoms with Crippen LogP contribution in [-0.2, 0) is 16.0 Å². The largest absolute Gasteiger partial charge is 0.395 e. The number of carbonyl (C=O) groups is 3. The summed E-state index contributed by atoms with van der Waals surface area (Å²) in [6.45, 7) is 0.302. The van der Waals surface area contributed by atoms with Crippen molar-refractivity contribution in [3.8, 4) is 0 Å². The first-order chi connectivity index (χ1) is 10.6. The zero-order chi connectivity index (χ0) is 15.7. The van der Waals surface area contributed by atoms with Crippen LogP contribution in [0.3, 0.4) is 0 Å². The first-order valence-electron chi connectivity index (χ1n) is 6.96. The lowest BCUT2D eigenvalue weighted by Crippen LogP contribution is -2.34. The number of amides is 3. The van der Waals surface area contributed by atoms with Gasteiger partial charge in [0.05, 0.1) is 13.2 Å². The van der Waals surface area contributed by atoms with Gasteiger partial charge in [0.1, 0.15) is 5.70 Å². The number of fused-ring (bicyclic) bond motifs is 1. The van der Waals surface area contributed by atoms with E-state index in [4.69, 9.17) is 5.11 Å². The van der Waals surface area contributed by atoms with Gasteiger partial charge in [0.2, 0.25) is 0 Å². The summed E-state index contributed by atoms with van der Waals surface area (Å²) in [4.78, 5) is 36.5. The maximum atomic E-state index is 12.0. The lowest BCUT2D eigenvalue weighted by Gasteiger charge is -2.18. The third-order valence-corrected chi connectivity index (χ3v) is 3.65. The molecule has 7 nitrogen and oxygen atoms in total. The normalized spacial score (nSPS) is 17.2. The molecule has 0 saturated carbocycles. The van der Waals surface area contributed by atoms with E-state index in [-0.39, 0.29) is 24.8 Å². The molecule has 22 heavy (non-hydrogen) atoms. The number of benzene rings is 1. The molecule has 2 aliphatic rings. The molecule has 2 heterocycles. The van der Waals surface area contributed by atoms with Gasteiger partial charge in [0.25, 0.3) is 17.7 Å². The Morgan fingerprint density at radius 3 is 2.86 bits per heavy atom. The number of anilines is 1. The van der Waals surface area contributed by atoms with Gasteiger partial charge in [-0.15, -0.1) is 0 Å². The molecular formula is C15H15N3O4. The molecule has 3 N–H and O–H groups in total. The summed E-state index contributed by atoms with van der Waals surface area (Å²) < 4.78 is 0. The fraction of sp³-hybridized carbons (Fsp3) is 0.267. The second kappa shape index (κ2) is 5.61. The molecule has 1 aromatic carbocycles. The average molecular weight is 301 g/mol. The highest BCUT2D eigenvalue weighted by Gasteiger charge is 2.30. The van der Waals surface area contributed by atoms with Gasteiger partial charge < -0.3 is 15.7 Å². The lowest BCUT2D eigenvalue weighted by molar-refractivity contribution is -0.137. The quantitative estimate of drug-likeness (QED) is 0.659.